The first-order valence-electron chi connectivity index (χ1n) is 5.38. The van der Waals surface area contributed by atoms with Gasteiger partial charge in [-0.25, -0.2) is 9.18 Å². The van der Waals surface area contributed by atoms with Gasteiger partial charge in [0.2, 0.25) is 0 Å². The third-order valence-electron chi connectivity index (χ3n) is 2.86. The summed E-state index contributed by atoms with van der Waals surface area (Å²) < 4.78 is 18.8. The minimum Gasteiger partial charge on any atom is -0.395 e. The number of ether oxygens (including phenoxy) is 1. The van der Waals surface area contributed by atoms with E-state index < -0.39 is 30.7 Å². The van der Waals surface area contributed by atoms with E-state index in [1.807, 2.05) is 0 Å². The van der Waals surface area contributed by atoms with E-state index in [9.17, 15) is 14.3 Å². The van der Waals surface area contributed by atoms with Gasteiger partial charge in [0, 0.05) is 11.8 Å². The lowest BCUT2D eigenvalue weighted by Crippen LogP contribution is -2.32. The van der Waals surface area contributed by atoms with Gasteiger partial charge in [-0.1, -0.05) is 0 Å². The number of halogens is 1. The highest BCUT2D eigenvalue weighted by molar-refractivity contribution is 5.55. The predicted octanol–water partition coefficient (Wildman–Crippen LogP) is -1.49. The molecular formula is C10H13FN4O4. The van der Waals surface area contributed by atoms with Gasteiger partial charge in [0.05, 0.1) is 18.6 Å². The Morgan fingerprint density at radius 2 is 2.26 bits per heavy atom. The number of aliphatic hydroxyl groups excluding tert-OH is 2. The van der Waals surface area contributed by atoms with Gasteiger partial charge in [-0.3, -0.25) is 4.57 Å². The minimum atomic E-state index is -1.43. The molecule has 1 aliphatic heterocycles. The van der Waals surface area contributed by atoms with Crippen LogP contribution in [0.25, 0.3) is 0 Å². The van der Waals surface area contributed by atoms with E-state index in [2.05, 4.69) is 4.98 Å². The van der Waals surface area contributed by atoms with Crippen molar-refractivity contribution >= 4 is 11.5 Å². The van der Waals surface area contributed by atoms with E-state index in [0.29, 0.717) is 0 Å². The normalized spacial score (nSPS) is 29.0. The molecule has 3 atom stereocenters. The molecule has 0 amide bonds. The number of anilines is 2. The highest BCUT2D eigenvalue weighted by Gasteiger charge is 2.40. The molecule has 0 saturated carbocycles. The molecule has 3 unspecified atom stereocenters. The van der Waals surface area contributed by atoms with E-state index in [-0.39, 0.29) is 23.4 Å². The largest absolute Gasteiger partial charge is 0.395 e. The van der Waals surface area contributed by atoms with Crippen LogP contribution in [0.1, 0.15) is 6.23 Å². The predicted molar refractivity (Wildman–Crippen MR) is 63.5 cm³/mol. The quantitative estimate of drug-likeness (QED) is 0.514. The van der Waals surface area contributed by atoms with Gasteiger partial charge in [0.15, 0.2) is 12.0 Å². The molecule has 1 aliphatic rings. The van der Waals surface area contributed by atoms with Gasteiger partial charge in [0.25, 0.3) is 0 Å². The van der Waals surface area contributed by atoms with Crippen molar-refractivity contribution in [1.29, 1.82) is 0 Å². The van der Waals surface area contributed by atoms with Gasteiger partial charge in [-0.15, -0.1) is 0 Å². The molecule has 0 radical (unpaired) electrons. The van der Waals surface area contributed by atoms with Crippen LogP contribution in [-0.2, 0) is 4.74 Å². The van der Waals surface area contributed by atoms with Crippen LogP contribution in [0.15, 0.2) is 22.9 Å². The van der Waals surface area contributed by atoms with Crippen LogP contribution in [0.4, 0.5) is 15.9 Å². The summed E-state index contributed by atoms with van der Waals surface area (Å²) in [5.74, 6) is -0.145. The topological polar surface area (TPSA) is 137 Å². The maximum absolute atomic E-state index is 12.7. The molecular weight excluding hydrogens is 259 g/mol. The average Bonchev–Trinajstić information content (AvgIpc) is 2.70. The molecule has 8 nitrogen and oxygen atoms in total. The standard InChI is InChI=1S/C10H13FN4O4/c11-1-4-6(3-16)19-9(7(4)17)15-2-5(12)8(13)14-10(15)18/h1-2,6-7,9,16-17H,3,12H2,(H2,13,14,18)/b4-1-. The molecule has 0 aromatic carbocycles. The average molecular weight is 272 g/mol. The fraction of sp³-hybridized carbons (Fsp3) is 0.400. The summed E-state index contributed by atoms with van der Waals surface area (Å²) in [7, 11) is 0. The Kier molecular flexibility index (Phi) is 3.51. The van der Waals surface area contributed by atoms with E-state index >= 15 is 0 Å². The van der Waals surface area contributed by atoms with Gasteiger partial charge in [-0.2, -0.15) is 4.98 Å². The third kappa shape index (κ3) is 2.18. The smallest absolute Gasteiger partial charge is 0.351 e. The molecule has 0 aliphatic carbocycles. The van der Waals surface area contributed by atoms with E-state index in [1.165, 1.54) is 0 Å². The fourth-order valence-electron chi connectivity index (χ4n) is 1.86. The summed E-state index contributed by atoms with van der Waals surface area (Å²) in [6.45, 7) is -0.532. The van der Waals surface area contributed by atoms with Crippen molar-refractivity contribution in [3.05, 3.63) is 28.6 Å². The molecule has 104 valence electrons. The number of hydrogen-bond donors (Lipinski definition) is 4. The van der Waals surface area contributed by atoms with Gasteiger partial charge in [-0.05, 0) is 0 Å². The SMILES string of the molecule is Nc1cn(C2OC(CO)/C(=C/F)C2O)c(=O)nc1N. The van der Waals surface area contributed by atoms with Gasteiger partial charge < -0.3 is 26.4 Å². The first-order valence-corrected chi connectivity index (χ1v) is 5.38. The molecule has 2 heterocycles. The Morgan fingerprint density at radius 3 is 2.79 bits per heavy atom. The van der Waals surface area contributed by atoms with Crippen LogP contribution in [-0.4, -0.2) is 38.6 Å². The minimum absolute atomic E-state index is 0.0219. The molecule has 19 heavy (non-hydrogen) atoms. The summed E-state index contributed by atoms with van der Waals surface area (Å²) in [5.41, 5.74) is 9.95. The Balaban J connectivity index is 2.44. The molecule has 2 rings (SSSR count). The molecule has 0 bridgehead atoms. The maximum Gasteiger partial charge on any atom is 0.351 e. The van der Waals surface area contributed by atoms with E-state index in [4.69, 9.17) is 21.3 Å². The first kappa shape index (κ1) is 13.5. The van der Waals surface area contributed by atoms with Crippen LogP contribution in [0.2, 0.25) is 0 Å². The van der Waals surface area contributed by atoms with Crippen molar-refractivity contribution in [2.24, 2.45) is 0 Å². The summed E-state index contributed by atoms with van der Waals surface area (Å²) in [5, 5.41) is 18.9. The van der Waals surface area contributed by atoms with Crippen LogP contribution >= 0.6 is 0 Å². The maximum atomic E-state index is 12.7. The number of nitrogen functional groups attached to an aromatic ring is 2. The Labute approximate surface area is 106 Å². The summed E-state index contributed by atoms with van der Waals surface area (Å²) in [4.78, 5) is 15.1. The van der Waals surface area contributed by atoms with Crippen molar-refractivity contribution in [3.63, 3.8) is 0 Å². The van der Waals surface area contributed by atoms with Crippen LogP contribution < -0.4 is 17.2 Å². The first-order chi connectivity index (χ1) is 8.99. The van der Waals surface area contributed by atoms with Gasteiger partial charge >= 0.3 is 5.69 Å². The Bertz CT molecular complexity index is 573. The molecule has 1 aromatic rings. The second kappa shape index (κ2) is 4.96. The number of rotatable bonds is 2. The Hall–Kier alpha value is -1.97. The highest BCUT2D eigenvalue weighted by Crippen LogP contribution is 2.33. The van der Waals surface area contributed by atoms with Crippen molar-refractivity contribution in [3.8, 4) is 0 Å². The lowest BCUT2D eigenvalue weighted by Gasteiger charge is -2.17. The van der Waals surface area contributed by atoms with Crippen LogP contribution in [0.5, 0.6) is 0 Å². The highest BCUT2D eigenvalue weighted by atomic mass is 19.1. The molecule has 1 aromatic heterocycles. The van der Waals surface area contributed by atoms with Crippen LogP contribution in [0, 0.1) is 0 Å². The second-order valence-corrected chi connectivity index (χ2v) is 4.02. The van der Waals surface area contributed by atoms with E-state index in [0.717, 1.165) is 10.8 Å². The van der Waals surface area contributed by atoms with Crippen molar-refractivity contribution in [2.75, 3.05) is 18.1 Å². The van der Waals surface area contributed by atoms with Crippen LogP contribution in [0.3, 0.4) is 0 Å². The number of aromatic nitrogens is 2. The van der Waals surface area contributed by atoms with Crippen molar-refractivity contribution in [1.82, 2.24) is 9.55 Å². The molecule has 0 spiro atoms. The molecule has 9 heteroatoms. The summed E-state index contributed by atoms with van der Waals surface area (Å²) in [6.07, 6.45) is -2.39. The van der Waals surface area contributed by atoms with E-state index in [1.54, 1.807) is 0 Å². The summed E-state index contributed by atoms with van der Waals surface area (Å²) in [6, 6.07) is 0. The number of hydrogen-bond acceptors (Lipinski definition) is 7. The zero-order chi connectivity index (χ0) is 14.2. The lowest BCUT2D eigenvalue weighted by molar-refractivity contribution is -0.0525. The zero-order valence-corrected chi connectivity index (χ0v) is 9.73. The van der Waals surface area contributed by atoms with Crippen molar-refractivity contribution < 1.29 is 19.3 Å². The number of nitrogens with zero attached hydrogens (tertiary/aromatic N) is 2. The second-order valence-electron chi connectivity index (χ2n) is 4.02. The Morgan fingerprint density at radius 1 is 1.58 bits per heavy atom. The third-order valence-corrected chi connectivity index (χ3v) is 2.86. The molecule has 1 saturated heterocycles. The zero-order valence-electron chi connectivity index (χ0n) is 9.73. The lowest BCUT2D eigenvalue weighted by atomic mass is 10.1. The number of aliphatic hydroxyl groups is 2. The monoisotopic (exact) mass is 272 g/mol. The molecule has 6 N–H and O–H groups in total. The summed E-state index contributed by atoms with van der Waals surface area (Å²) >= 11 is 0. The fourth-order valence-corrected chi connectivity index (χ4v) is 1.86. The number of nitrogens with two attached hydrogens (primary N) is 2. The van der Waals surface area contributed by atoms with Crippen molar-refractivity contribution in [2.45, 2.75) is 18.4 Å². The molecule has 1 fully saturated rings. The van der Waals surface area contributed by atoms with Gasteiger partial charge in [0.1, 0.15) is 12.2 Å².